The van der Waals surface area contributed by atoms with E-state index in [0.29, 0.717) is 6.61 Å². The number of aliphatic hydroxyl groups is 1. The van der Waals surface area contributed by atoms with Gasteiger partial charge in [0.1, 0.15) is 6.61 Å². The Labute approximate surface area is 159 Å². The van der Waals surface area contributed by atoms with Gasteiger partial charge in [0.05, 0.1) is 12.6 Å². The number of hydrogen-bond acceptors (Lipinski definition) is 3. The predicted octanol–water partition coefficient (Wildman–Crippen LogP) is 4.17. The molecule has 0 aromatic heterocycles. The molecule has 1 atom stereocenters. The number of amides is 1. The minimum Gasteiger partial charge on any atom is -0.448 e. The summed E-state index contributed by atoms with van der Waals surface area (Å²) in [5, 5.41) is 9.73. The Hall–Kier alpha value is -2.33. The lowest BCUT2D eigenvalue weighted by atomic mass is 9.67. The van der Waals surface area contributed by atoms with E-state index in [1.165, 1.54) is 28.7 Å². The highest BCUT2D eigenvalue weighted by molar-refractivity contribution is 5.79. The Morgan fingerprint density at radius 1 is 1.07 bits per heavy atom. The third-order valence-corrected chi connectivity index (χ3v) is 6.81. The summed E-state index contributed by atoms with van der Waals surface area (Å²) in [5.74, 6) is 0.0780. The highest BCUT2D eigenvalue weighted by Crippen LogP contribution is 2.50. The molecular formula is C23H25NO3. The van der Waals surface area contributed by atoms with E-state index in [9.17, 15) is 9.90 Å². The molecule has 3 aliphatic rings. The molecule has 2 fully saturated rings. The largest absolute Gasteiger partial charge is 0.448 e. The number of carbonyl (C=O) groups excluding carboxylic acids is 1. The quantitative estimate of drug-likeness (QED) is 0.890. The van der Waals surface area contributed by atoms with E-state index in [1.54, 1.807) is 4.90 Å². The van der Waals surface area contributed by atoms with E-state index >= 15 is 0 Å². The summed E-state index contributed by atoms with van der Waals surface area (Å²) in [4.78, 5) is 14.6. The van der Waals surface area contributed by atoms with Crippen LogP contribution in [0.3, 0.4) is 0 Å². The van der Waals surface area contributed by atoms with Crippen LogP contribution in [0, 0.1) is 5.41 Å². The van der Waals surface area contributed by atoms with Gasteiger partial charge in [-0.3, -0.25) is 0 Å². The molecular weight excluding hydrogens is 338 g/mol. The Morgan fingerprint density at radius 2 is 1.70 bits per heavy atom. The first-order chi connectivity index (χ1) is 13.2. The smallest absolute Gasteiger partial charge is 0.410 e. The SMILES string of the molecule is O=C(OCC1c2ccccc2-c2ccccc21)N1CC2(CCC2)CC1CO. The molecule has 140 valence electrons. The van der Waals surface area contributed by atoms with Crippen LogP contribution in [0.25, 0.3) is 11.1 Å². The second-order valence-corrected chi connectivity index (χ2v) is 8.33. The van der Waals surface area contributed by atoms with Crippen molar-refractivity contribution < 1.29 is 14.6 Å². The number of aliphatic hydroxyl groups excluding tert-OH is 1. The van der Waals surface area contributed by atoms with Gasteiger partial charge in [0.2, 0.25) is 0 Å². The lowest BCUT2D eigenvalue weighted by Crippen LogP contribution is -2.40. The monoisotopic (exact) mass is 363 g/mol. The second-order valence-electron chi connectivity index (χ2n) is 8.33. The van der Waals surface area contributed by atoms with Crippen LogP contribution in [0.5, 0.6) is 0 Å². The number of benzene rings is 2. The van der Waals surface area contributed by atoms with Crippen LogP contribution in [0.1, 0.15) is 42.7 Å². The fourth-order valence-electron chi connectivity index (χ4n) is 5.26. The molecule has 2 aliphatic carbocycles. The highest BCUT2D eigenvalue weighted by atomic mass is 16.6. The Morgan fingerprint density at radius 3 is 2.26 bits per heavy atom. The summed E-state index contributed by atoms with van der Waals surface area (Å²) in [6, 6.07) is 16.6. The molecule has 1 heterocycles. The first kappa shape index (κ1) is 16.8. The average Bonchev–Trinajstić information content (AvgIpc) is 3.23. The Balaban J connectivity index is 1.33. The van der Waals surface area contributed by atoms with Gasteiger partial charge in [0.15, 0.2) is 0 Å². The molecule has 0 radical (unpaired) electrons. The third-order valence-electron chi connectivity index (χ3n) is 6.81. The summed E-state index contributed by atoms with van der Waals surface area (Å²) < 4.78 is 5.79. The summed E-state index contributed by atoms with van der Waals surface area (Å²) in [6.07, 6.45) is 4.19. The topological polar surface area (TPSA) is 49.8 Å². The molecule has 2 aromatic rings. The molecule has 1 aliphatic heterocycles. The van der Waals surface area contributed by atoms with Crippen LogP contribution in [-0.4, -0.2) is 41.9 Å². The zero-order valence-corrected chi connectivity index (χ0v) is 15.4. The molecule has 2 aromatic carbocycles. The average molecular weight is 363 g/mol. The van der Waals surface area contributed by atoms with Crippen LogP contribution in [0.15, 0.2) is 48.5 Å². The summed E-state index contributed by atoms with van der Waals surface area (Å²) >= 11 is 0. The summed E-state index contributed by atoms with van der Waals surface area (Å²) in [5.41, 5.74) is 5.15. The van der Waals surface area contributed by atoms with E-state index < -0.39 is 0 Å². The van der Waals surface area contributed by atoms with Crippen molar-refractivity contribution in [1.82, 2.24) is 4.90 Å². The number of carbonyl (C=O) groups is 1. The van der Waals surface area contributed by atoms with Crippen LogP contribution in [-0.2, 0) is 4.74 Å². The second kappa shape index (κ2) is 6.38. The molecule has 1 spiro atoms. The predicted molar refractivity (Wildman–Crippen MR) is 104 cm³/mol. The van der Waals surface area contributed by atoms with E-state index in [-0.39, 0.29) is 30.1 Å². The molecule has 1 saturated carbocycles. The summed E-state index contributed by atoms with van der Waals surface area (Å²) in [7, 11) is 0. The minimum absolute atomic E-state index is 0.0198. The molecule has 1 amide bonds. The van der Waals surface area contributed by atoms with Gasteiger partial charge in [0, 0.05) is 12.5 Å². The number of fused-ring (bicyclic) bond motifs is 3. The zero-order valence-electron chi connectivity index (χ0n) is 15.4. The maximum absolute atomic E-state index is 12.8. The minimum atomic E-state index is -0.278. The molecule has 5 rings (SSSR count). The lowest BCUT2D eigenvalue weighted by molar-refractivity contribution is 0.0773. The zero-order chi connectivity index (χ0) is 18.4. The normalized spacial score (nSPS) is 22.4. The molecule has 1 unspecified atom stereocenters. The number of rotatable bonds is 3. The molecule has 1 saturated heterocycles. The van der Waals surface area contributed by atoms with Crippen LogP contribution >= 0.6 is 0 Å². The van der Waals surface area contributed by atoms with E-state index in [2.05, 4.69) is 36.4 Å². The molecule has 27 heavy (non-hydrogen) atoms. The first-order valence-corrected chi connectivity index (χ1v) is 9.93. The molecule has 4 nitrogen and oxygen atoms in total. The molecule has 0 bridgehead atoms. The summed E-state index contributed by atoms with van der Waals surface area (Å²) in [6.45, 7) is 1.09. The fraction of sp³-hybridized carbons (Fsp3) is 0.435. The van der Waals surface area contributed by atoms with Crippen molar-refractivity contribution in [2.75, 3.05) is 19.8 Å². The maximum atomic E-state index is 12.8. The highest BCUT2D eigenvalue weighted by Gasteiger charge is 2.49. The number of nitrogens with zero attached hydrogens (tertiary/aromatic N) is 1. The van der Waals surface area contributed by atoms with Gasteiger partial charge in [-0.05, 0) is 46.9 Å². The first-order valence-electron chi connectivity index (χ1n) is 9.93. The van der Waals surface area contributed by atoms with Crippen LogP contribution in [0.4, 0.5) is 4.79 Å². The number of likely N-dealkylation sites (tertiary alicyclic amines) is 1. The standard InChI is InChI=1S/C23H25NO3/c25-13-16-12-23(10-5-11-23)15-24(16)22(26)27-14-21-19-8-3-1-6-17(19)18-7-2-4-9-20(18)21/h1-4,6-9,16,21,25H,5,10-15H2. The van der Waals surface area contributed by atoms with Gasteiger partial charge in [-0.1, -0.05) is 55.0 Å². The molecule has 1 N–H and O–H groups in total. The fourth-order valence-corrected chi connectivity index (χ4v) is 5.26. The van der Waals surface area contributed by atoms with Gasteiger partial charge >= 0.3 is 6.09 Å². The van der Waals surface area contributed by atoms with Crippen molar-refractivity contribution in [2.24, 2.45) is 5.41 Å². The van der Waals surface area contributed by atoms with Crippen molar-refractivity contribution in [3.8, 4) is 11.1 Å². The Bertz CT molecular complexity index is 828. The van der Waals surface area contributed by atoms with E-state index in [4.69, 9.17) is 4.74 Å². The van der Waals surface area contributed by atoms with Gasteiger partial charge in [0.25, 0.3) is 0 Å². The molecule has 4 heteroatoms. The van der Waals surface area contributed by atoms with Crippen LogP contribution < -0.4 is 0 Å². The van der Waals surface area contributed by atoms with Gasteiger partial charge in [-0.15, -0.1) is 0 Å². The van der Waals surface area contributed by atoms with E-state index in [0.717, 1.165) is 25.8 Å². The van der Waals surface area contributed by atoms with E-state index in [1.807, 2.05) is 12.1 Å². The van der Waals surface area contributed by atoms with Gasteiger partial charge < -0.3 is 14.7 Å². The van der Waals surface area contributed by atoms with Crippen molar-refractivity contribution in [3.05, 3.63) is 59.7 Å². The Kier molecular flexibility index (Phi) is 3.97. The lowest BCUT2D eigenvalue weighted by Gasteiger charge is -2.37. The van der Waals surface area contributed by atoms with Crippen molar-refractivity contribution in [3.63, 3.8) is 0 Å². The van der Waals surface area contributed by atoms with Crippen molar-refractivity contribution in [1.29, 1.82) is 0 Å². The number of ether oxygens (including phenoxy) is 1. The maximum Gasteiger partial charge on any atom is 0.410 e. The van der Waals surface area contributed by atoms with Gasteiger partial charge in [-0.25, -0.2) is 4.79 Å². The third kappa shape index (κ3) is 2.66. The van der Waals surface area contributed by atoms with Gasteiger partial charge in [-0.2, -0.15) is 0 Å². The van der Waals surface area contributed by atoms with Crippen molar-refractivity contribution in [2.45, 2.75) is 37.6 Å². The van der Waals surface area contributed by atoms with Crippen LogP contribution in [0.2, 0.25) is 0 Å². The number of hydrogen-bond donors (Lipinski definition) is 1. The van der Waals surface area contributed by atoms with Crippen molar-refractivity contribution >= 4 is 6.09 Å².